The Hall–Kier alpha value is -1.58. The SMILES string of the molecule is C[C@@H]1COCCN1S(=O)(=O)c1cccc(F)c1[N+](=O)[O-]. The van der Waals surface area contributed by atoms with Crippen LogP contribution in [-0.2, 0) is 14.8 Å². The van der Waals surface area contributed by atoms with Gasteiger partial charge in [0.1, 0.15) is 0 Å². The van der Waals surface area contributed by atoms with E-state index in [9.17, 15) is 22.9 Å². The zero-order valence-corrected chi connectivity index (χ0v) is 11.5. The van der Waals surface area contributed by atoms with Gasteiger partial charge in [-0.2, -0.15) is 8.70 Å². The third-order valence-corrected chi connectivity index (χ3v) is 5.07. The molecule has 0 radical (unpaired) electrons. The summed E-state index contributed by atoms with van der Waals surface area (Å²) >= 11 is 0. The van der Waals surface area contributed by atoms with E-state index in [4.69, 9.17) is 4.74 Å². The Balaban J connectivity index is 2.55. The van der Waals surface area contributed by atoms with Gasteiger partial charge in [-0.1, -0.05) is 6.07 Å². The lowest BCUT2D eigenvalue weighted by molar-refractivity contribution is -0.390. The topological polar surface area (TPSA) is 89.8 Å². The van der Waals surface area contributed by atoms with E-state index in [-0.39, 0.29) is 19.8 Å². The van der Waals surface area contributed by atoms with Crippen molar-refractivity contribution >= 4 is 15.7 Å². The quantitative estimate of drug-likeness (QED) is 0.617. The number of hydrogen-bond acceptors (Lipinski definition) is 5. The number of nitro groups is 1. The monoisotopic (exact) mass is 304 g/mol. The van der Waals surface area contributed by atoms with E-state index in [0.29, 0.717) is 0 Å². The zero-order valence-electron chi connectivity index (χ0n) is 10.7. The Morgan fingerprint density at radius 2 is 2.20 bits per heavy atom. The molecule has 0 unspecified atom stereocenters. The van der Waals surface area contributed by atoms with Gasteiger partial charge in [0.15, 0.2) is 4.90 Å². The van der Waals surface area contributed by atoms with E-state index in [0.717, 1.165) is 22.5 Å². The average molecular weight is 304 g/mol. The van der Waals surface area contributed by atoms with E-state index in [2.05, 4.69) is 0 Å². The van der Waals surface area contributed by atoms with Crippen molar-refractivity contribution in [1.82, 2.24) is 4.31 Å². The molecule has 1 saturated heterocycles. The molecule has 1 aliphatic heterocycles. The minimum absolute atomic E-state index is 0.0805. The highest BCUT2D eigenvalue weighted by atomic mass is 32.2. The van der Waals surface area contributed by atoms with E-state index >= 15 is 0 Å². The second-order valence-corrected chi connectivity index (χ2v) is 6.24. The van der Waals surface area contributed by atoms with E-state index in [1.54, 1.807) is 6.92 Å². The predicted molar refractivity (Wildman–Crippen MR) is 67.2 cm³/mol. The fourth-order valence-electron chi connectivity index (χ4n) is 2.08. The number of benzene rings is 1. The maximum absolute atomic E-state index is 13.5. The zero-order chi connectivity index (χ0) is 14.9. The number of sulfonamides is 1. The molecule has 20 heavy (non-hydrogen) atoms. The normalized spacial score (nSPS) is 20.8. The first-order chi connectivity index (χ1) is 9.35. The fourth-order valence-corrected chi connectivity index (χ4v) is 3.85. The Morgan fingerprint density at radius 3 is 2.80 bits per heavy atom. The third kappa shape index (κ3) is 2.51. The fraction of sp³-hybridized carbons (Fsp3) is 0.455. The summed E-state index contributed by atoms with van der Waals surface area (Å²) in [6, 6.07) is 2.58. The van der Waals surface area contributed by atoms with Crippen LogP contribution in [0.1, 0.15) is 6.92 Å². The molecule has 110 valence electrons. The lowest BCUT2D eigenvalue weighted by Gasteiger charge is -2.32. The smallest absolute Gasteiger partial charge is 0.324 e. The maximum atomic E-state index is 13.5. The molecule has 0 saturated carbocycles. The van der Waals surface area contributed by atoms with Crippen LogP contribution >= 0.6 is 0 Å². The van der Waals surface area contributed by atoms with Crippen LogP contribution < -0.4 is 0 Å². The number of hydrogen-bond donors (Lipinski definition) is 0. The van der Waals surface area contributed by atoms with Gasteiger partial charge in [0.05, 0.1) is 18.1 Å². The van der Waals surface area contributed by atoms with Gasteiger partial charge < -0.3 is 4.74 Å². The van der Waals surface area contributed by atoms with Crippen molar-refractivity contribution < 1.29 is 22.5 Å². The summed E-state index contributed by atoms with van der Waals surface area (Å²) in [6.45, 7) is 2.11. The molecule has 0 N–H and O–H groups in total. The summed E-state index contributed by atoms with van der Waals surface area (Å²) in [7, 11) is -4.14. The molecule has 1 heterocycles. The van der Waals surface area contributed by atoms with Crippen molar-refractivity contribution in [2.45, 2.75) is 17.9 Å². The van der Waals surface area contributed by atoms with Crippen molar-refractivity contribution in [1.29, 1.82) is 0 Å². The second-order valence-electron chi connectivity index (χ2n) is 4.38. The standard InChI is InChI=1S/C11H13FN2O5S/c1-8-7-19-6-5-13(8)20(17,18)10-4-2-3-9(12)11(10)14(15)16/h2-4,8H,5-7H2,1H3/t8-/m1/s1. The van der Waals surface area contributed by atoms with Gasteiger partial charge in [-0.15, -0.1) is 0 Å². The van der Waals surface area contributed by atoms with Crippen molar-refractivity contribution in [3.8, 4) is 0 Å². The lowest BCUT2D eigenvalue weighted by atomic mass is 10.3. The van der Waals surface area contributed by atoms with Crippen LogP contribution in [-0.4, -0.2) is 43.4 Å². The molecule has 2 rings (SSSR count). The number of halogens is 1. The van der Waals surface area contributed by atoms with Gasteiger partial charge in [-0.05, 0) is 19.1 Å². The summed E-state index contributed by atoms with van der Waals surface area (Å²) in [5.41, 5.74) is -1.02. The highest BCUT2D eigenvalue weighted by Gasteiger charge is 2.37. The Morgan fingerprint density at radius 1 is 1.50 bits per heavy atom. The highest BCUT2D eigenvalue weighted by molar-refractivity contribution is 7.89. The van der Waals surface area contributed by atoms with Gasteiger partial charge in [-0.25, -0.2) is 8.42 Å². The minimum atomic E-state index is -4.14. The van der Waals surface area contributed by atoms with Gasteiger partial charge >= 0.3 is 5.69 Å². The number of morpholine rings is 1. The lowest BCUT2D eigenvalue weighted by Crippen LogP contribution is -2.47. The molecule has 0 aromatic heterocycles. The first-order valence-electron chi connectivity index (χ1n) is 5.88. The largest absolute Gasteiger partial charge is 0.378 e. The maximum Gasteiger partial charge on any atom is 0.324 e. The first kappa shape index (κ1) is 14.8. The highest BCUT2D eigenvalue weighted by Crippen LogP contribution is 2.30. The van der Waals surface area contributed by atoms with Crippen LogP contribution in [0, 0.1) is 15.9 Å². The minimum Gasteiger partial charge on any atom is -0.378 e. The predicted octanol–water partition coefficient (Wildman–Crippen LogP) is 1.14. The molecular weight excluding hydrogens is 291 g/mol. The summed E-state index contributed by atoms with van der Waals surface area (Å²) in [6.07, 6.45) is 0. The van der Waals surface area contributed by atoms with Crippen molar-refractivity contribution in [3.63, 3.8) is 0 Å². The number of para-hydroxylation sites is 1. The Labute approximate surface area is 115 Å². The third-order valence-electron chi connectivity index (χ3n) is 3.03. The molecule has 0 spiro atoms. The molecule has 1 atom stereocenters. The van der Waals surface area contributed by atoms with Crippen LogP contribution in [0.4, 0.5) is 10.1 Å². The Bertz CT molecular complexity index is 634. The molecule has 0 bridgehead atoms. The molecule has 1 fully saturated rings. The molecule has 1 aromatic carbocycles. The van der Waals surface area contributed by atoms with E-state index < -0.39 is 37.4 Å². The molecule has 7 nitrogen and oxygen atoms in total. The van der Waals surface area contributed by atoms with Crippen LogP contribution in [0.3, 0.4) is 0 Å². The van der Waals surface area contributed by atoms with Gasteiger partial charge in [0, 0.05) is 12.6 Å². The molecule has 0 aliphatic carbocycles. The summed E-state index contributed by atoms with van der Waals surface area (Å²) in [5.74, 6) is -1.17. The number of rotatable bonds is 3. The van der Waals surface area contributed by atoms with Crippen LogP contribution in [0.25, 0.3) is 0 Å². The van der Waals surface area contributed by atoms with Gasteiger partial charge in [0.25, 0.3) is 0 Å². The van der Waals surface area contributed by atoms with Crippen molar-refractivity contribution in [2.75, 3.05) is 19.8 Å². The van der Waals surface area contributed by atoms with Gasteiger partial charge in [-0.3, -0.25) is 10.1 Å². The molecular formula is C11H13FN2O5S. The van der Waals surface area contributed by atoms with Gasteiger partial charge in [0.2, 0.25) is 15.8 Å². The molecule has 0 amide bonds. The molecule has 1 aliphatic rings. The van der Waals surface area contributed by atoms with Crippen molar-refractivity contribution in [3.05, 3.63) is 34.1 Å². The van der Waals surface area contributed by atoms with Crippen molar-refractivity contribution in [2.24, 2.45) is 0 Å². The van der Waals surface area contributed by atoms with Crippen LogP contribution in [0.2, 0.25) is 0 Å². The summed E-state index contributed by atoms with van der Waals surface area (Å²) in [4.78, 5) is 9.26. The van der Waals surface area contributed by atoms with E-state index in [1.165, 1.54) is 0 Å². The van der Waals surface area contributed by atoms with Crippen LogP contribution in [0.5, 0.6) is 0 Å². The second kappa shape index (κ2) is 5.43. The summed E-state index contributed by atoms with van der Waals surface area (Å²) in [5, 5.41) is 10.9. The molecule has 1 aromatic rings. The van der Waals surface area contributed by atoms with Crippen LogP contribution in [0.15, 0.2) is 23.1 Å². The summed E-state index contributed by atoms with van der Waals surface area (Å²) < 4.78 is 44.7. The number of ether oxygens (including phenoxy) is 1. The number of nitro benzene ring substituents is 1. The van der Waals surface area contributed by atoms with E-state index in [1.807, 2.05) is 0 Å². The number of nitrogens with zero attached hydrogens (tertiary/aromatic N) is 2. The Kier molecular flexibility index (Phi) is 4.02. The first-order valence-corrected chi connectivity index (χ1v) is 7.32. The molecule has 9 heteroatoms. The average Bonchev–Trinajstić information content (AvgIpc) is 2.38.